The van der Waals surface area contributed by atoms with E-state index in [1.165, 1.54) is 38.5 Å². The van der Waals surface area contributed by atoms with Crippen LogP contribution < -0.4 is 19.1 Å². The average Bonchev–Trinajstić information content (AvgIpc) is 3.48. The number of anilines is 2. The number of ether oxygens (including phenoxy) is 3. The molecular weight excluding hydrogens is 591 g/mol. The summed E-state index contributed by atoms with van der Waals surface area (Å²) in [4.78, 5) is 20.7. The summed E-state index contributed by atoms with van der Waals surface area (Å²) in [6, 6.07) is 18.8. The van der Waals surface area contributed by atoms with Crippen molar-refractivity contribution in [1.29, 1.82) is 0 Å². The molecule has 0 bridgehead atoms. The molecule has 11 heteroatoms. The summed E-state index contributed by atoms with van der Waals surface area (Å²) in [6.07, 6.45) is 0.703. The van der Waals surface area contributed by atoms with Gasteiger partial charge in [-0.3, -0.25) is 4.79 Å². The topological polar surface area (TPSA) is 76.7 Å². The summed E-state index contributed by atoms with van der Waals surface area (Å²) in [6.45, 7) is 0. The Bertz CT molecular complexity index is 1790. The second kappa shape index (κ2) is 13.2. The average molecular weight is 620 g/mol. The number of carbonyl (C=O) groups is 1. The highest BCUT2D eigenvalue weighted by Gasteiger charge is 2.21. The number of methoxy groups -OCH3 is 3. The molecule has 226 valence electrons. The van der Waals surface area contributed by atoms with Crippen molar-refractivity contribution in [2.24, 2.45) is 0 Å². The minimum Gasteiger partial charge on any atom is -0.494 e. The molecule has 5 rings (SSSR count). The number of aromatic nitrogens is 2. The minimum absolute atomic E-state index is 0.0458. The summed E-state index contributed by atoms with van der Waals surface area (Å²) in [5.41, 5.74) is 3.06. The van der Waals surface area contributed by atoms with Crippen molar-refractivity contribution in [3.05, 3.63) is 101 Å². The van der Waals surface area contributed by atoms with Gasteiger partial charge in [-0.15, -0.1) is 0 Å². The molecule has 0 aliphatic heterocycles. The molecule has 1 heterocycles. The van der Waals surface area contributed by atoms with E-state index in [-0.39, 0.29) is 17.1 Å². The van der Waals surface area contributed by atoms with Crippen molar-refractivity contribution in [2.45, 2.75) is 10.9 Å². The van der Waals surface area contributed by atoms with Crippen LogP contribution in [0.15, 0.2) is 78.0 Å². The van der Waals surface area contributed by atoms with Gasteiger partial charge in [0.15, 0.2) is 28.2 Å². The number of halogens is 3. The lowest BCUT2D eigenvalue weighted by Crippen LogP contribution is -2.11. The van der Waals surface area contributed by atoms with E-state index < -0.39 is 17.5 Å². The van der Waals surface area contributed by atoms with Gasteiger partial charge < -0.3 is 24.1 Å². The number of benzene rings is 4. The van der Waals surface area contributed by atoms with E-state index in [0.29, 0.717) is 56.7 Å². The number of nitrogens with one attached hydrogen (secondary N) is 1. The Morgan fingerprint density at radius 2 is 1.43 bits per heavy atom. The van der Waals surface area contributed by atoms with Crippen molar-refractivity contribution in [3.63, 3.8) is 0 Å². The third-order valence-corrected chi connectivity index (χ3v) is 7.95. The van der Waals surface area contributed by atoms with Gasteiger partial charge in [-0.1, -0.05) is 36.0 Å². The van der Waals surface area contributed by atoms with Gasteiger partial charge in [-0.05, 0) is 53.6 Å². The lowest BCUT2D eigenvalue weighted by Gasteiger charge is -2.20. The van der Waals surface area contributed by atoms with Crippen LogP contribution >= 0.6 is 11.8 Å². The zero-order valence-corrected chi connectivity index (χ0v) is 25.1. The zero-order chi connectivity index (χ0) is 31.4. The molecule has 0 atom stereocenters. The number of H-pyrrole nitrogens is 1. The number of aromatic amines is 1. The zero-order valence-electron chi connectivity index (χ0n) is 24.3. The number of hydrogen-bond donors (Lipinski definition) is 1. The van der Waals surface area contributed by atoms with Crippen LogP contribution in [-0.2, 0) is 5.75 Å². The molecular formula is C33H28F3N3O4S. The highest BCUT2D eigenvalue weighted by Crippen LogP contribution is 2.40. The molecule has 1 N–H and O–H groups in total. The van der Waals surface area contributed by atoms with E-state index in [1.54, 1.807) is 49.6 Å². The molecule has 0 amide bonds. The molecule has 0 unspecified atom stereocenters. The molecule has 0 radical (unpaired) electrons. The van der Waals surface area contributed by atoms with E-state index >= 15 is 8.78 Å². The molecule has 7 nitrogen and oxygen atoms in total. The highest BCUT2D eigenvalue weighted by molar-refractivity contribution is 7.98. The van der Waals surface area contributed by atoms with E-state index in [2.05, 4.69) is 4.98 Å². The lowest BCUT2D eigenvalue weighted by molar-refractivity contribution is 0.112. The van der Waals surface area contributed by atoms with Crippen molar-refractivity contribution in [1.82, 2.24) is 9.97 Å². The maximum absolute atomic E-state index is 15.2. The molecule has 0 fully saturated rings. The number of hydrogen-bond acceptors (Lipinski definition) is 7. The number of thioether (sulfide) groups is 1. The Labute approximate surface area is 256 Å². The first-order valence-corrected chi connectivity index (χ1v) is 14.3. The molecule has 0 saturated heterocycles. The number of rotatable bonds is 11. The fraction of sp³-hybridized carbons (Fsp3) is 0.152. The second-order valence-electron chi connectivity index (χ2n) is 9.63. The van der Waals surface area contributed by atoms with E-state index in [4.69, 9.17) is 19.2 Å². The Hall–Kier alpha value is -4.90. The standard InChI is InChI=1S/C33H28F3N3O4S/c1-39(23-10-12-28(41-2)30(16-23)43-4)32-31(21-9-11-25(34)29(15-21)42-3)37-33(38-32)44-18-24-26(35)13-22(14-27(24)36)20-7-5-19(17-40)6-8-20/h5-17H,18H2,1-4H3,(H,37,38). The third kappa shape index (κ3) is 6.23. The summed E-state index contributed by atoms with van der Waals surface area (Å²) in [5.74, 6) is -0.319. The van der Waals surface area contributed by atoms with Gasteiger partial charge in [0.2, 0.25) is 0 Å². The van der Waals surface area contributed by atoms with E-state index in [1.807, 2.05) is 18.0 Å². The van der Waals surface area contributed by atoms with Gasteiger partial charge in [0.05, 0.1) is 21.3 Å². The summed E-state index contributed by atoms with van der Waals surface area (Å²) < 4.78 is 60.6. The Morgan fingerprint density at radius 1 is 0.773 bits per heavy atom. The minimum atomic E-state index is -0.704. The first-order chi connectivity index (χ1) is 21.3. The largest absolute Gasteiger partial charge is 0.494 e. The normalized spacial score (nSPS) is 10.9. The lowest BCUT2D eigenvalue weighted by atomic mass is 10.0. The predicted octanol–water partition coefficient (Wildman–Crippen LogP) is 8.06. The fourth-order valence-electron chi connectivity index (χ4n) is 4.63. The molecule has 0 aliphatic carbocycles. The molecule has 1 aromatic heterocycles. The number of nitrogens with zero attached hydrogens (tertiary/aromatic N) is 2. The van der Waals surface area contributed by atoms with Crippen LogP contribution in [0.2, 0.25) is 0 Å². The van der Waals surface area contributed by atoms with Crippen LogP contribution in [0.4, 0.5) is 24.7 Å². The molecule has 4 aromatic carbocycles. The van der Waals surface area contributed by atoms with Gasteiger partial charge in [-0.2, -0.15) is 0 Å². The third-order valence-electron chi connectivity index (χ3n) is 7.05. The van der Waals surface area contributed by atoms with Gasteiger partial charge in [-0.25, -0.2) is 18.2 Å². The first kappa shape index (κ1) is 30.6. The Morgan fingerprint density at radius 3 is 2.07 bits per heavy atom. The quantitative estimate of drug-likeness (QED) is 0.118. The molecule has 0 aliphatic rings. The van der Waals surface area contributed by atoms with Crippen molar-refractivity contribution < 1.29 is 32.2 Å². The molecule has 0 saturated carbocycles. The maximum atomic E-state index is 15.2. The maximum Gasteiger partial charge on any atom is 0.167 e. The van der Waals surface area contributed by atoms with Gasteiger partial charge in [0.25, 0.3) is 0 Å². The van der Waals surface area contributed by atoms with Crippen LogP contribution in [0.1, 0.15) is 15.9 Å². The van der Waals surface area contributed by atoms with Crippen LogP contribution in [0.5, 0.6) is 17.2 Å². The van der Waals surface area contributed by atoms with Gasteiger partial charge in [0.1, 0.15) is 29.4 Å². The smallest absolute Gasteiger partial charge is 0.167 e. The number of carbonyl (C=O) groups excluding carboxylic acids is 1. The predicted molar refractivity (Wildman–Crippen MR) is 165 cm³/mol. The number of aldehydes is 1. The number of imidazole rings is 1. The molecule has 0 spiro atoms. The monoisotopic (exact) mass is 619 g/mol. The Kier molecular flexibility index (Phi) is 9.15. The second-order valence-corrected chi connectivity index (χ2v) is 10.6. The van der Waals surface area contributed by atoms with Crippen LogP contribution in [0.3, 0.4) is 0 Å². The van der Waals surface area contributed by atoms with Gasteiger partial charge in [0, 0.05) is 41.2 Å². The highest BCUT2D eigenvalue weighted by atomic mass is 32.2. The van der Waals surface area contributed by atoms with Crippen molar-refractivity contribution in [2.75, 3.05) is 33.3 Å². The van der Waals surface area contributed by atoms with Crippen LogP contribution in [0.25, 0.3) is 22.4 Å². The van der Waals surface area contributed by atoms with Crippen molar-refractivity contribution >= 4 is 29.6 Å². The molecule has 5 aromatic rings. The summed E-state index contributed by atoms with van der Waals surface area (Å²) >= 11 is 1.12. The van der Waals surface area contributed by atoms with Crippen LogP contribution in [0, 0.1) is 17.5 Å². The van der Waals surface area contributed by atoms with E-state index in [0.717, 1.165) is 17.4 Å². The SMILES string of the molecule is COc1cc(-c2nc(SCc3c(F)cc(-c4ccc(C=O)cc4)cc3F)[nH]c2N(C)c2ccc(OC)c(OC)c2)ccc1F. The Balaban J connectivity index is 1.48. The summed E-state index contributed by atoms with van der Waals surface area (Å²) in [5, 5.41) is 0.387. The van der Waals surface area contributed by atoms with Crippen molar-refractivity contribution in [3.8, 4) is 39.6 Å². The summed E-state index contributed by atoms with van der Waals surface area (Å²) in [7, 11) is 6.27. The fourth-order valence-corrected chi connectivity index (χ4v) is 5.51. The molecule has 44 heavy (non-hydrogen) atoms. The first-order valence-electron chi connectivity index (χ1n) is 13.3. The van der Waals surface area contributed by atoms with E-state index in [9.17, 15) is 9.18 Å². The van der Waals surface area contributed by atoms with Gasteiger partial charge >= 0.3 is 0 Å². The van der Waals surface area contributed by atoms with Crippen LogP contribution in [-0.4, -0.2) is 44.6 Å².